The van der Waals surface area contributed by atoms with Gasteiger partial charge in [-0.05, 0) is 31.0 Å². The first-order valence-corrected chi connectivity index (χ1v) is 6.02. The maximum atomic E-state index is 12.8. The Kier molecular flexibility index (Phi) is 3.79. The van der Waals surface area contributed by atoms with Crippen molar-refractivity contribution in [2.45, 2.75) is 25.9 Å². The van der Waals surface area contributed by atoms with Crippen LogP contribution in [0.1, 0.15) is 18.9 Å². The van der Waals surface area contributed by atoms with Gasteiger partial charge in [-0.25, -0.2) is 4.39 Å². The van der Waals surface area contributed by atoms with Gasteiger partial charge in [0.05, 0.1) is 12.7 Å². The molecule has 1 aromatic rings. The number of ketones is 1. The topological polar surface area (TPSA) is 26.3 Å². The van der Waals surface area contributed by atoms with Gasteiger partial charge in [0.25, 0.3) is 0 Å². The van der Waals surface area contributed by atoms with Crippen molar-refractivity contribution in [2.24, 2.45) is 5.92 Å². The summed E-state index contributed by atoms with van der Waals surface area (Å²) in [5.41, 5.74) is 0.678. The highest BCUT2D eigenvalue weighted by atomic mass is 35.5. The standard InChI is InChI=1S/C13H14ClFO2/c1-8-4-10(7-17-8)13(16)5-9-2-3-11(15)6-12(9)14/h2-3,6,8,10H,4-5,7H2,1H3. The van der Waals surface area contributed by atoms with Crippen LogP contribution in [0.5, 0.6) is 0 Å². The van der Waals surface area contributed by atoms with Crippen molar-refractivity contribution in [3.05, 3.63) is 34.6 Å². The Morgan fingerprint density at radius 3 is 2.94 bits per heavy atom. The van der Waals surface area contributed by atoms with Gasteiger partial charge in [-0.15, -0.1) is 0 Å². The molecule has 0 N–H and O–H groups in total. The molecule has 0 amide bonds. The summed E-state index contributed by atoms with van der Waals surface area (Å²) in [6, 6.07) is 4.12. The minimum absolute atomic E-state index is 0.0499. The van der Waals surface area contributed by atoms with Crippen LogP contribution < -0.4 is 0 Å². The van der Waals surface area contributed by atoms with Crippen molar-refractivity contribution in [1.82, 2.24) is 0 Å². The molecule has 1 fully saturated rings. The molecular weight excluding hydrogens is 243 g/mol. The molecule has 1 aromatic carbocycles. The van der Waals surface area contributed by atoms with Gasteiger partial charge in [0.1, 0.15) is 11.6 Å². The van der Waals surface area contributed by atoms with Crippen LogP contribution >= 0.6 is 11.6 Å². The molecule has 0 bridgehead atoms. The first-order valence-electron chi connectivity index (χ1n) is 5.64. The van der Waals surface area contributed by atoms with Gasteiger partial charge in [-0.3, -0.25) is 4.79 Å². The van der Waals surface area contributed by atoms with Crippen molar-refractivity contribution in [1.29, 1.82) is 0 Å². The number of hydrogen-bond donors (Lipinski definition) is 0. The predicted molar refractivity (Wildman–Crippen MR) is 63.6 cm³/mol. The number of benzene rings is 1. The largest absolute Gasteiger partial charge is 0.378 e. The quantitative estimate of drug-likeness (QED) is 0.831. The summed E-state index contributed by atoms with van der Waals surface area (Å²) in [7, 11) is 0. The number of rotatable bonds is 3. The molecule has 2 unspecified atom stereocenters. The smallest absolute Gasteiger partial charge is 0.142 e. The van der Waals surface area contributed by atoms with E-state index in [1.54, 1.807) is 6.07 Å². The van der Waals surface area contributed by atoms with Crippen LogP contribution in [0, 0.1) is 11.7 Å². The van der Waals surface area contributed by atoms with E-state index in [0.29, 0.717) is 17.2 Å². The van der Waals surface area contributed by atoms with E-state index in [0.717, 1.165) is 6.42 Å². The maximum Gasteiger partial charge on any atom is 0.142 e. The fraction of sp³-hybridized carbons (Fsp3) is 0.462. The highest BCUT2D eigenvalue weighted by Crippen LogP contribution is 2.24. The van der Waals surface area contributed by atoms with Crippen LogP contribution in [0.3, 0.4) is 0 Å². The minimum atomic E-state index is -0.385. The maximum absolute atomic E-state index is 12.8. The van der Waals surface area contributed by atoms with E-state index in [9.17, 15) is 9.18 Å². The van der Waals surface area contributed by atoms with Gasteiger partial charge in [0, 0.05) is 17.4 Å². The molecule has 4 heteroatoms. The summed E-state index contributed by atoms with van der Waals surface area (Å²) in [6.07, 6.45) is 1.16. The van der Waals surface area contributed by atoms with E-state index in [1.165, 1.54) is 12.1 Å². The van der Waals surface area contributed by atoms with E-state index in [1.807, 2.05) is 6.92 Å². The van der Waals surface area contributed by atoms with Gasteiger partial charge in [0.15, 0.2) is 0 Å². The number of ether oxygens (including phenoxy) is 1. The van der Waals surface area contributed by atoms with Crippen LogP contribution in [0.2, 0.25) is 5.02 Å². The van der Waals surface area contributed by atoms with E-state index in [4.69, 9.17) is 16.3 Å². The Balaban J connectivity index is 2.03. The summed E-state index contributed by atoms with van der Waals surface area (Å²) in [4.78, 5) is 12.0. The fourth-order valence-corrected chi connectivity index (χ4v) is 2.27. The number of carbonyl (C=O) groups is 1. The summed E-state index contributed by atoms with van der Waals surface area (Å²) < 4.78 is 18.2. The van der Waals surface area contributed by atoms with Gasteiger partial charge in [0.2, 0.25) is 0 Å². The molecular formula is C13H14ClFO2. The van der Waals surface area contributed by atoms with E-state index in [-0.39, 0.29) is 30.0 Å². The highest BCUT2D eigenvalue weighted by Gasteiger charge is 2.28. The summed E-state index contributed by atoms with van der Waals surface area (Å²) >= 11 is 5.89. The normalized spacial score (nSPS) is 23.9. The van der Waals surface area contributed by atoms with Gasteiger partial charge < -0.3 is 4.74 Å². The molecule has 0 aliphatic carbocycles. The number of hydrogen-bond acceptors (Lipinski definition) is 2. The predicted octanol–water partition coefficient (Wildman–Crippen LogP) is 3.02. The molecule has 1 saturated heterocycles. The molecule has 1 aliphatic heterocycles. The van der Waals surface area contributed by atoms with Crippen LogP contribution in [0.4, 0.5) is 4.39 Å². The number of carbonyl (C=O) groups excluding carboxylic acids is 1. The lowest BCUT2D eigenvalue weighted by Gasteiger charge is -2.08. The highest BCUT2D eigenvalue weighted by molar-refractivity contribution is 6.31. The molecule has 0 radical (unpaired) electrons. The molecule has 92 valence electrons. The Morgan fingerprint density at radius 2 is 2.35 bits per heavy atom. The average Bonchev–Trinajstić information content (AvgIpc) is 2.69. The molecule has 2 rings (SSSR count). The summed E-state index contributed by atoms with van der Waals surface area (Å²) in [5, 5.41) is 0.310. The molecule has 1 heterocycles. The lowest BCUT2D eigenvalue weighted by molar-refractivity contribution is -0.122. The lowest BCUT2D eigenvalue weighted by atomic mass is 9.96. The summed E-state index contributed by atoms with van der Waals surface area (Å²) in [5.74, 6) is -0.321. The molecule has 17 heavy (non-hydrogen) atoms. The third-order valence-corrected chi connectivity index (χ3v) is 3.39. The second kappa shape index (κ2) is 5.15. The van der Waals surface area contributed by atoms with Crippen molar-refractivity contribution < 1.29 is 13.9 Å². The van der Waals surface area contributed by atoms with Gasteiger partial charge in [-0.2, -0.15) is 0 Å². The lowest BCUT2D eigenvalue weighted by Crippen LogP contribution is -2.17. The number of halogens is 2. The zero-order valence-electron chi connectivity index (χ0n) is 9.58. The molecule has 0 aromatic heterocycles. The van der Waals surface area contributed by atoms with Crippen molar-refractivity contribution >= 4 is 17.4 Å². The van der Waals surface area contributed by atoms with Gasteiger partial charge >= 0.3 is 0 Å². The zero-order chi connectivity index (χ0) is 12.4. The summed E-state index contributed by atoms with van der Waals surface area (Å²) in [6.45, 7) is 2.44. The molecule has 2 atom stereocenters. The first-order chi connectivity index (χ1) is 8.06. The molecule has 2 nitrogen and oxygen atoms in total. The van der Waals surface area contributed by atoms with E-state index < -0.39 is 0 Å². The van der Waals surface area contributed by atoms with Crippen LogP contribution in [-0.4, -0.2) is 18.5 Å². The minimum Gasteiger partial charge on any atom is -0.378 e. The average molecular weight is 257 g/mol. The van der Waals surface area contributed by atoms with E-state index in [2.05, 4.69) is 0 Å². The number of Topliss-reactive ketones (excluding diaryl/α,β-unsaturated/α-hetero) is 1. The van der Waals surface area contributed by atoms with Crippen LogP contribution in [0.15, 0.2) is 18.2 Å². The molecule has 0 saturated carbocycles. The van der Waals surface area contributed by atoms with Crippen LogP contribution in [0.25, 0.3) is 0 Å². The third-order valence-electron chi connectivity index (χ3n) is 3.03. The van der Waals surface area contributed by atoms with Crippen molar-refractivity contribution in [3.8, 4) is 0 Å². The first kappa shape index (κ1) is 12.5. The van der Waals surface area contributed by atoms with Crippen molar-refractivity contribution in [3.63, 3.8) is 0 Å². The molecule has 0 spiro atoms. The van der Waals surface area contributed by atoms with Gasteiger partial charge in [-0.1, -0.05) is 17.7 Å². The SMILES string of the molecule is CC1CC(C(=O)Cc2ccc(F)cc2Cl)CO1. The zero-order valence-corrected chi connectivity index (χ0v) is 10.3. The monoisotopic (exact) mass is 256 g/mol. The van der Waals surface area contributed by atoms with E-state index >= 15 is 0 Å². The Labute approximate surface area is 105 Å². The van der Waals surface area contributed by atoms with Crippen LogP contribution in [-0.2, 0) is 16.0 Å². The van der Waals surface area contributed by atoms with Crippen molar-refractivity contribution in [2.75, 3.05) is 6.61 Å². The fourth-order valence-electron chi connectivity index (χ4n) is 2.04. The molecule has 1 aliphatic rings. The second-order valence-electron chi connectivity index (χ2n) is 4.46. The Bertz CT molecular complexity index is 433. The third kappa shape index (κ3) is 3.05. The Morgan fingerprint density at radius 1 is 1.59 bits per heavy atom. The second-order valence-corrected chi connectivity index (χ2v) is 4.86. The Hall–Kier alpha value is -0.930.